The maximum Gasteiger partial charge on any atom is 0.451 e. The highest BCUT2D eigenvalue weighted by molar-refractivity contribution is 5.96. The molecule has 6 nitrogen and oxygen atoms in total. The predicted molar refractivity (Wildman–Crippen MR) is 136 cm³/mol. The highest BCUT2D eigenvalue weighted by atomic mass is 19.4. The van der Waals surface area contributed by atoms with Crippen molar-refractivity contribution in [2.45, 2.75) is 78.7 Å². The van der Waals surface area contributed by atoms with E-state index in [0.717, 1.165) is 19.0 Å². The molecule has 2 atom stereocenters. The standard InChI is InChI=1S/C19H28F3N5O.C4H8.C2H2/c1-6-14(23)16-10-13(9-15(27-16)11(2)3)17(28)26-12(4)7-8-25-18(24-5)19(20,21)22;1-4(2)3;1-2/h8-12,17,23,26,28H,6-7H2,1-5H3;1H2,2-3H3;1-2H/t12-,17?;;/m1../s1. The molecule has 0 spiro atoms. The van der Waals surface area contributed by atoms with Crippen molar-refractivity contribution in [2.75, 3.05) is 7.05 Å². The Hall–Kier alpha value is -2.83. The van der Waals surface area contributed by atoms with Crippen molar-refractivity contribution >= 4 is 17.8 Å². The van der Waals surface area contributed by atoms with Crippen molar-refractivity contribution in [2.24, 2.45) is 9.98 Å². The molecule has 1 heterocycles. The lowest BCUT2D eigenvalue weighted by Gasteiger charge is -2.20. The fraction of sp³-hybridized carbons (Fsp3) is 0.520. The van der Waals surface area contributed by atoms with E-state index in [2.05, 4.69) is 39.7 Å². The Morgan fingerprint density at radius 3 is 2.21 bits per heavy atom. The molecule has 9 heteroatoms. The third kappa shape index (κ3) is 13.7. The molecule has 1 aromatic heterocycles. The van der Waals surface area contributed by atoms with E-state index in [0.29, 0.717) is 23.4 Å². The van der Waals surface area contributed by atoms with Crippen LogP contribution in [0.5, 0.6) is 0 Å². The molecule has 1 rings (SSSR count). The van der Waals surface area contributed by atoms with Gasteiger partial charge in [-0.05, 0) is 57.2 Å². The van der Waals surface area contributed by atoms with E-state index in [1.807, 2.05) is 34.6 Å². The summed E-state index contributed by atoms with van der Waals surface area (Å²) in [6.07, 6.45) is 4.18. The molecule has 34 heavy (non-hydrogen) atoms. The minimum Gasteiger partial charge on any atom is -0.374 e. The van der Waals surface area contributed by atoms with Crippen LogP contribution in [0.15, 0.2) is 34.3 Å². The van der Waals surface area contributed by atoms with Gasteiger partial charge in [0, 0.05) is 25.0 Å². The molecule has 0 fully saturated rings. The molecule has 1 aromatic rings. The lowest BCUT2D eigenvalue weighted by Crippen LogP contribution is -2.31. The summed E-state index contributed by atoms with van der Waals surface area (Å²) in [5, 5.41) is 21.4. The highest BCUT2D eigenvalue weighted by Gasteiger charge is 2.35. The van der Waals surface area contributed by atoms with E-state index < -0.39 is 18.2 Å². The Bertz CT molecular complexity index is 854. The minimum atomic E-state index is -4.59. The number of allylic oxidation sites excluding steroid dienone is 1. The molecule has 3 N–H and O–H groups in total. The van der Waals surface area contributed by atoms with Crippen molar-refractivity contribution in [3.8, 4) is 12.8 Å². The second-order valence-electron chi connectivity index (χ2n) is 7.97. The molecule has 0 aliphatic rings. The molecule has 0 amide bonds. The number of aromatic nitrogens is 1. The number of nitrogens with one attached hydrogen (secondary N) is 2. The number of amidine groups is 1. The van der Waals surface area contributed by atoms with Gasteiger partial charge in [0.1, 0.15) is 6.23 Å². The Balaban J connectivity index is 0. The number of halogens is 3. The van der Waals surface area contributed by atoms with Crippen LogP contribution in [0.25, 0.3) is 0 Å². The zero-order valence-electron chi connectivity index (χ0n) is 21.2. The summed E-state index contributed by atoms with van der Waals surface area (Å²) in [5.41, 5.74) is 3.36. The van der Waals surface area contributed by atoms with E-state index in [4.69, 9.17) is 5.41 Å². The van der Waals surface area contributed by atoms with Gasteiger partial charge in [0.15, 0.2) is 0 Å². The van der Waals surface area contributed by atoms with E-state index >= 15 is 0 Å². The Labute approximate surface area is 202 Å². The molecule has 0 radical (unpaired) electrons. The second-order valence-corrected chi connectivity index (χ2v) is 7.97. The van der Waals surface area contributed by atoms with Crippen LogP contribution in [0, 0.1) is 18.3 Å². The fourth-order valence-corrected chi connectivity index (χ4v) is 2.35. The van der Waals surface area contributed by atoms with Gasteiger partial charge in [-0.2, -0.15) is 13.2 Å². The van der Waals surface area contributed by atoms with Crippen LogP contribution in [-0.4, -0.2) is 47.1 Å². The fourth-order valence-electron chi connectivity index (χ4n) is 2.35. The molecular formula is C25H38F3N5O. The molecule has 0 bridgehead atoms. The zero-order chi connectivity index (χ0) is 27.1. The van der Waals surface area contributed by atoms with E-state index in [9.17, 15) is 18.3 Å². The molecule has 0 aromatic carbocycles. The lowest BCUT2D eigenvalue weighted by atomic mass is 10.0. The number of pyridine rings is 1. The summed E-state index contributed by atoms with van der Waals surface area (Å²) in [7, 11) is 1.03. The Morgan fingerprint density at radius 2 is 1.79 bits per heavy atom. The van der Waals surface area contributed by atoms with Crippen LogP contribution in [0.2, 0.25) is 0 Å². The summed E-state index contributed by atoms with van der Waals surface area (Å²) >= 11 is 0. The number of hydrogen-bond acceptors (Lipinski definition) is 5. The number of alkyl halides is 3. The molecule has 190 valence electrons. The first-order valence-electron chi connectivity index (χ1n) is 10.8. The predicted octanol–water partition coefficient (Wildman–Crippen LogP) is 5.84. The van der Waals surface area contributed by atoms with Gasteiger partial charge < -0.3 is 10.5 Å². The van der Waals surface area contributed by atoms with E-state index in [1.165, 1.54) is 5.57 Å². The number of nitrogens with zero attached hydrogens (tertiary/aromatic N) is 3. The molecule has 1 unspecified atom stereocenters. The van der Waals surface area contributed by atoms with Crippen molar-refractivity contribution in [3.63, 3.8) is 0 Å². The van der Waals surface area contributed by atoms with Gasteiger partial charge in [0.05, 0.1) is 11.4 Å². The van der Waals surface area contributed by atoms with Crippen LogP contribution in [0.1, 0.15) is 83.5 Å². The average Bonchev–Trinajstić information content (AvgIpc) is 2.75. The topological polar surface area (TPSA) is 93.7 Å². The largest absolute Gasteiger partial charge is 0.451 e. The van der Waals surface area contributed by atoms with Gasteiger partial charge >= 0.3 is 6.18 Å². The normalized spacial score (nSPS) is 13.4. The molecule has 0 saturated carbocycles. The summed E-state index contributed by atoms with van der Waals surface area (Å²) in [6, 6.07) is 3.08. The first-order chi connectivity index (χ1) is 15.7. The number of hydrogen-bond donors (Lipinski definition) is 3. The number of aliphatic hydroxyl groups excluding tert-OH is 1. The third-order valence-electron chi connectivity index (χ3n) is 4.02. The van der Waals surface area contributed by atoms with E-state index in [1.54, 1.807) is 19.1 Å². The summed E-state index contributed by atoms with van der Waals surface area (Å²) in [6.45, 7) is 15.0. The molecular weight excluding hydrogens is 443 g/mol. The summed E-state index contributed by atoms with van der Waals surface area (Å²) in [4.78, 5) is 10.9. The van der Waals surface area contributed by atoms with Crippen molar-refractivity contribution < 1.29 is 18.3 Å². The van der Waals surface area contributed by atoms with Crippen molar-refractivity contribution in [3.05, 3.63) is 41.2 Å². The average molecular weight is 482 g/mol. The number of rotatable bonds is 8. The van der Waals surface area contributed by atoms with Crippen LogP contribution >= 0.6 is 0 Å². The third-order valence-corrected chi connectivity index (χ3v) is 4.02. The van der Waals surface area contributed by atoms with E-state index in [-0.39, 0.29) is 18.4 Å². The lowest BCUT2D eigenvalue weighted by molar-refractivity contribution is -0.0597. The second kappa shape index (κ2) is 16.7. The SMILES string of the molecule is C#C.C=C(C)C.CCC(=N)c1cc(C(O)N[C@H](C)CC=NC(=NC)C(F)(F)F)cc(C(C)C)n1. The van der Waals surface area contributed by atoms with Gasteiger partial charge in [-0.3, -0.25) is 15.3 Å². The van der Waals surface area contributed by atoms with Crippen LogP contribution in [0.4, 0.5) is 13.2 Å². The van der Waals surface area contributed by atoms with Crippen molar-refractivity contribution in [1.29, 1.82) is 5.41 Å². The van der Waals surface area contributed by atoms with Gasteiger partial charge in [-0.1, -0.05) is 26.3 Å². The zero-order valence-corrected chi connectivity index (χ0v) is 21.2. The Morgan fingerprint density at radius 1 is 1.26 bits per heavy atom. The van der Waals surface area contributed by atoms with Crippen LogP contribution in [0.3, 0.4) is 0 Å². The summed E-state index contributed by atoms with van der Waals surface area (Å²) in [5.74, 6) is -1.08. The smallest absolute Gasteiger partial charge is 0.374 e. The van der Waals surface area contributed by atoms with Crippen LogP contribution in [-0.2, 0) is 0 Å². The maximum absolute atomic E-state index is 12.6. The van der Waals surface area contributed by atoms with Gasteiger partial charge in [0.2, 0.25) is 5.84 Å². The van der Waals surface area contributed by atoms with Crippen molar-refractivity contribution in [1.82, 2.24) is 10.3 Å². The Kier molecular flexibility index (Phi) is 16.4. The van der Waals surface area contributed by atoms with Crippen LogP contribution < -0.4 is 5.32 Å². The molecule has 0 saturated heterocycles. The highest BCUT2D eigenvalue weighted by Crippen LogP contribution is 2.20. The molecule has 0 aliphatic heterocycles. The summed E-state index contributed by atoms with van der Waals surface area (Å²) < 4.78 is 37.8. The van der Waals surface area contributed by atoms with Gasteiger partial charge in [-0.15, -0.1) is 19.4 Å². The molecule has 0 aliphatic carbocycles. The monoisotopic (exact) mass is 481 g/mol. The van der Waals surface area contributed by atoms with Gasteiger partial charge in [-0.25, -0.2) is 4.99 Å². The minimum absolute atomic E-state index is 0.120. The van der Waals surface area contributed by atoms with Gasteiger partial charge in [0.25, 0.3) is 0 Å². The number of aliphatic imine (C=N–C) groups is 2. The first-order valence-corrected chi connectivity index (χ1v) is 10.8. The number of aliphatic hydroxyl groups is 1. The maximum atomic E-state index is 12.6. The first kappa shape index (κ1) is 33.3. The quantitative estimate of drug-likeness (QED) is 0.143. The number of terminal acetylenes is 1.